The number of carboxylic acids is 1. The summed E-state index contributed by atoms with van der Waals surface area (Å²) in [4.78, 5) is 13.5. The average Bonchev–Trinajstić information content (AvgIpc) is 2.96. The summed E-state index contributed by atoms with van der Waals surface area (Å²) >= 11 is 0. The molecule has 4 nitrogen and oxygen atoms in total. The smallest absolute Gasteiger partial charge is 0.336 e. The molecule has 1 atom stereocenters. The molecule has 0 amide bonds. The molecule has 2 fully saturated rings. The van der Waals surface area contributed by atoms with Crippen LogP contribution in [0.25, 0.3) is 0 Å². The first kappa shape index (κ1) is 12.6. The van der Waals surface area contributed by atoms with Crippen molar-refractivity contribution in [3.8, 4) is 0 Å². The highest BCUT2D eigenvalue weighted by atomic mass is 16.4. The maximum atomic E-state index is 11.2. The number of carbonyl (C=O) groups is 1. The van der Waals surface area contributed by atoms with Gasteiger partial charge in [-0.05, 0) is 43.9 Å². The molecule has 4 heteroatoms. The fraction of sp³-hybridized carbons (Fsp3) is 0.533. The topological polar surface area (TPSA) is 60.8 Å². The third-order valence-corrected chi connectivity index (χ3v) is 4.37. The summed E-state index contributed by atoms with van der Waals surface area (Å²) in [5.41, 5.74) is 0.705. The molecule has 0 bridgehead atoms. The third kappa shape index (κ3) is 2.38. The number of hydrogen-bond donors (Lipinski definition) is 2. The lowest BCUT2D eigenvalue weighted by Gasteiger charge is -2.29. The first-order chi connectivity index (χ1) is 9.10. The van der Waals surface area contributed by atoms with Gasteiger partial charge in [0.25, 0.3) is 0 Å². The molecule has 1 saturated heterocycles. The molecule has 0 aromatic heterocycles. The van der Waals surface area contributed by atoms with Gasteiger partial charge in [-0.3, -0.25) is 4.90 Å². The van der Waals surface area contributed by atoms with Crippen molar-refractivity contribution < 1.29 is 15.0 Å². The predicted octanol–water partition coefficient (Wildman–Crippen LogP) is 1.87. The number of benzene rings is 1. The van der Waals surface area contributed by atoms with Gasteiger partial charge in [0.15, 0.2) is 0 Å². The highest BCUT2D eigenvalue weighted by molar-refractivity contribution is 5.89. The number of rotatable bonds is 4. The van der Waals surface area contributed by atoms with E-state index in [1.54, 1.807) is 12.1 Å². The number of nitrogens with zero attached hydrogens (tertiary/aromatic N) is 1. The molecule has 2 aliphatic rings. The summed E-state index contributed by atoms with van der Waals surface area (Å²) < 4.78 is 0. The van der Waals surface area contributed by atoms with Crippen LogP contribution in [0, 0.1) is 0 Å². The Labute approximate surface area is 112 Å². The van der Waals surface area contributed by atoms with Gasteiger partial charge < -0.3 is 10.2 Å². The van der Waals surface area contributed by atoms with Crippen LogP contribution in [0.3, 0.4) is 0 Å². The van der Waals surface area contributed by atoms with Crippen LogP contribution in [-0.2, 0) is 6.54 Å². The lowest BCUT2D eigenvalue weighted by Crippen LogP contribution is -2.40. The largest absolute Gasteiger partial charge is 0.478 e. The van der Waals surface area contributed by atoms with E-state index in [9.17, 15) is 15.0 Å². The second-order valence-electron chi connectivity index (χ2n) is 5.69. The average molecular weight is 261 g/mol. The van der Waals surface area contributed by atoms with Gasteiger partial charge in [-0.2, -0.15) is 0 Å². The standard InChI is InChI=1S/C15H19NO3/c17-14(18)12-5-2-1-4-11(12)10-16-9-3-6-13(16)15(19)7-8-15/h1-2,4-5,13,19H,3,6-10H2,(H,17,18). The number of hydrogen-bond acceptors (Lipinski definition) is 3. The minimum atomic E-state index is -0.878. The number of likely N-dealkylation sites (tertiary alicyclic amines) is 1. The fourth-order valence-corrected chi connectivity index (χ4v) is 3.17. The summed E-state index contributed by atoms with van der Waals surface area (Å²) in [6.07, 6.45) is 3.87. The number of carboxylic acid groups (broad SMARTS) is 1. The van der Waals surface area contributed by atoms with Crippen LogP contribution in [0.2, 0.25) is 0 Å². The molecule has 1 aliphatic carbocycles. The van der Waals surface area contributed by atoms with E-state index in [0.717, 1.165) is 37.8 Å². The number of aliphatic hydroxyl groups is 1. The first-order valence-electron chi connectivity index (χ1n) is 6.88. The molecule has 3 rings (SSSR count). The molecule has 102 valence electrons. The van der Waals surface area contributed by atoms with Gasteiger partial charge in [0.05, 0.1) is 11.2 Å². The van der Waals surface area contributed by atoms with Gasteiger partial charge in [-0.25, -0.2) is 4.79 Å². The van der Waals surface area contributed by atoms with Gasteiger partial charge in [0, 0.05) is 12.6 Å². The fourth-order valence-electron chi connectivity index (χ4n) is 3.17. The lowest BCUT2D eigenvalue weighted by molar-refractivity contribution is 0.0478. The van der Waals surface area contributed by atoms with Crippen LogP contribution < -0.4 is 0 Å². The predicted molar refractivity (Wildman–Crippen MR) is 71.0 cm³/mol. The van der Waals surface area contributed by atoms with Crippen molar-refractivity contribution in [3.63, 3.8) is 0 Å². The monoisotopic (exact) mass is 261 g/mol. The Balaban J connectivity index is 1.79. The minimum absolute atomic E-state index is 0.203. The summed E-state index contributed by atoms with van der Waals surface area (Å²) in [5.74, 6) is -0.878. The maximum absolute atomic E-state index is 11.2. The Bertz CT molecular complexity index is 496. The summed E-state index contributed by atoms with van der Waals surface area (Å²) in [6, 6.07) is 7.35. The van der Waals surface area contributed by atoms with E-state index in [1.807, 2.05) is 12.1 Å². The SMILES string of the molecule is O=C(O)c1ccccc1CN1CCCC1C1(O)CC1. The Morgan fingerprint density at radius 1 is 1.37 bits per heavy atom. The summed E-state index contributed by atoms with van der Waals surface area (Å²) in [7, 11) is 0. The van der Waals surface area contributed by atoms with Crippen molar-refractivity contribution in [2.75, 3.05) is 6.54 Å². The van der Waals surface area contributed by atoms with E-state index in [2.05, 4.69) is 4.90 Å². The highest BCUT2D eigenvalue weighted by Gasteiger charge is 2.51. The van der Waals surface area contributed by atoms with E-state index in [-0.39, 0.29) is 6.04 Å². The zero-order valence-corrected chi connectivity index (χ0v) is 10.9. The Morgan fingerprint density at radius 3 is 2.79 bits per heavy atom. The van der Waals surface area contributed by atoms with Crippen LogP contribution in [0.5, 0.6) is 0 Å². The molecule has 1 aliphatic heterocycles. The van der Waals surface area contributed by atoms with Gasteiger partial charge in [0.1, 0.15) is 0 Å². The molecule has 1 aromatic carbocycles. The van der Waals surface area contributed by atoms with E-state index >= 15 is 0 Å². The Kier molecular flexibility index (Phi) is 3.07. The molecule has 2 N–H and O–H groups in total. The molecule has 1 heterocycles. The second-order valence-corrected chi connectivity index (χ2v) is 5.69. The van der Waals surface area contributed by atoms with Crippen LogP contribution in [0.15, 0.2) is 24.3 Å². The van der Waals surface area contributed by atoms with Crippen molar-refractivity contribution in [1.82, 2.24) is 4.90 Å². The van der Waals surface area contributed by atoms with Crippen LogP contribution in [-0.4, -0.2) is 39.3 Å². The Hall–Kier alpha value is -1.39. The van der Waals surface area contributed by atoms with Crippen molar-refractivity contribution >= 4 is 5.97 Å². The summed E-state index contributed by atoms with van der Waals surface area (Å²) in [5, 5.41) is 19.5. The Morgan fingerprint density at radius 2 is 2.11 bits per heavy atom. The minimum Gasteiger partial charge on any atom is -0.478 e. The second kappa shape index (κ2) is 4.62. The molecule has 0 spiro atoms. The van der Waals surface area contributed by atoms with E-state index in [0.29, 0.717) is 12.1 Å². The van der Waals surface area contributed by atoms with Crippen molar-refractivity contribution in [1.29, 1.82) is 0 Å². The van der Waals surface area contributed by atoms with Crippen LogP contribution in [0.1, 0.15) is 41.6 Å². The first-order valence-corrected chi connectivity index (χ1v) is 6.88. The van der Waals surface area contributed by atoms with Gasteiger partial charge >= 0.3 is 5.97 Å². The van der Waals surface area contributed by atoms with Gasteiger partial charge in [-0.1, -0.05) is 18.2 Å². The molecule has 1 aromatic rings. The zero-order valence-electron chi connectivity index (χ0n) is 10.9. The molecular formula is C15H19NO3. The van der Waals surface area contributed by atoms with E-state index in [1.165, 1.54) is 0 Å². The third-order valence-electron chi connectivity index (χ3n) is 4.37. The number of aromatic carboxylic acids is 1. The van der Waals surface area contributed by atoms with Crippen molar-refractivity contribution in [3.05, 3.63) is 35.4 Å². The van der Waals surface area contributed by atoms with Crippen molar-refractivity contribution in [2.24, 2.45) is 0 Å². The van der Waals surface area contributed by atoms with E-state index in [4.69, 9.17) is 0 Å². The van der Waals surface area contributed by atoms with Crippen LogP contribution in [0.4, 0.5) is 0 Å². The van der Waals surface area contributed by atoms with Crippen LogP contribution >= 0.6 is 0 Å². The van der Waals surface area contributed by atoms with E-state index < -0.39 is 11.6 Å². The normalized spacial score (nSPS) is 25.4. The van der Waals surface area contributed by atoms with Gasteiger partial charge in [0.2, 0.25) is 0 Å². The molecular weight excluding hydrogens is 242 g/mol. The van der Waals surface area contributed by atoms with Gasteiger partial charge in [-0.15, -0.1) is 0 Å². The van der Waals surface area contributed by atoms with Crippen molar-refractivity contribution in [2.45, 2.75) is 43.9 Å². The molecule has 1 unspecified atom stereocenters. The maximum Gasteiger partial charge on any atom is 0.336 e. The molecule has 19 heavy (non-hydrogen) atoms. The lowest BCUT2D eigenvalue weighted by atomic mass is 10.0. The quantitative estimate of drug-likeness (QED) is 0.868. The highest BCUT2D eigenvalue weighted by Crippen LogP contribution is 2.45. The molecule has 1 saturated carbocycles. The molecule has 0 radical (unpaired) electrons. The zero-order chi connectivity index (χ0) is 13.5. The summed E-state index contributed by atoms with van der Waals surface area (Å²) in [6.45, 7) is 1.57.